The summed E-state index contributed by atoms with van der Waals surface area (Å²) >= 11 is 1.51. The summed E-state index contributed by atoms with van der Waals surface area (Å²) in [6.45, 7) is 4.02. The number of benzene rings is 2. The Hall–Kier alpha value is -3.45. The maximum Gasteiger partial charge on any atom is 0.297 e. The van der Waals surface area contributed by atoms with Crippen LogP contribution < -0.4 is 10.4 Å². The molecule has 2 aromatic heterocycles. The largest absolute Gasteiger partial charge is 0.297 e. The van der Waals surface area contributed by atoms with Gasteiger partial charge in [-0.1, -0.05) is 48.0 Å². The summed E-state index contributed by atoms with van der Waals surface area (Å²) in [5, 5.41) is 7.07. The Morgan fingerprint density at radius 1 is 0.939 bits per heavy atom. The number of para-hydroxylation sites is 1. The summed E-state index contributed by atoms with van der Waals surface area (Å²) < 4.78 is 5.45. The fourth-order valence-corrected chi connectivity index (χ4v) is 5.04. The summed E-state index contributed by atoms with van der Waals surface area (Å²) in [6.07, 6.45) is 4.38. The molecule has 1 saturated carbocycles. The van der Waals surface area contributed by atoms with Crippen molar-refractivity contribution in [3.63, 3.8) is 0 Å². The molecule has 0 saturated heterocycles. The zero-order valence-corrected chi connectivity index (χ0v) is 20.0. The standard InChI is InChI=1S/C26H27N5OS/c1-18-13-15-20(16-14-18)23-17-33-26(30(23)28-21-9-7-8-10-21)27-24-19(2)29(3)31(25(24)32)22-11-5-4-6-12-22/h4-6,11-17H,7-10H2,1-3H3. The summed E-state index contributed by atoms with van der Waals surface area (Å²) in [6, 6.07) is 18.1. The quantitative estimate of drug-likeness (QED) is 0.408. The topological polar surface area (TPSA) is 56.6 Å². The smallest absolute Gasteiger partial charge is 0.283 e. The molecule has 7 heteroatoms. The molecule has 0 N–H and O–H groups in total. The van der Waals surface area contributed by atoms with E-state index in [4.69, 9.17) is 10.1 Å². The molecule has 0 amide bonds. The van der Waals surface area contributed by atoms with Crippen molar-refractivity contribution in [2.24, 2.45) is 17.1 Å². The minimum atomic E-state index is -0.133. The van der Waals surface area contributed by atoms with Crippen LogP contribution in [0.2, 0.25) is 0 Å². The first-order chi connectivity index (χ1) is 16.0. The zero-order chi connectivity index (χ0) is 22.9. The minimum absolute atomic E-state index is 0.133. The maximum absolute atomic E-state index is 13.4. The summed E-state index contributed by atoms with van der Waals surface area (Å²) in [4.78, 5) is 19.0. The Morgan fingerprint density at radius 2 is 1.64 bits per heavy atom. The van der Waals surface area contributed by atoms with Crippen molar-refractivity contribution in [2.75, 3.05) is 0 Å². The van der Waals surface area contributed by atoms with E-state index in [9.17, 15) is 4.79 Å². The van der Waals surface area contributed by atoms with E-state index in [0.29, 0.717) is 10.5 Å². The molecule has 1 fully saturated rings. The maximum atomic E-state index is 13.4. The molecule has 6 nitrogen and oxygen atoms in total. The number of aromatic nitrogens is 3. The van der Waals surface area contributed by atoms with Gasteiger partial charge in [0.05, 0.1) is 17.1 Å². The van der Waals surface area contributed by atoms with E-state index < -0.39 is 0 Å². The van der Waals surface area contributed by atoms with Crippen molar-refractivity contribution < 1.29 is 0 Å². The monoisotopic (exact) mass is 457 g/mol. The van der Waals surface area contributed by atoms with Gasteiger partial charge in [-0.2, -0.15) is 5.10 Å². The van der Waals surface area contributed by atoms with Crippen molar-refractivity contribution in [1.29, 1.82) is 0 Å². The normalized spacial score (nSPS) is 14.3. The van der Waals surface area contributed by atoms with Gasteiger partial charge >= 0.3 is 0 Å². The first-order valence-corrected chi connectivity index (χ1v) is 12.1. The average Bonchev–Trinajstić information content (AvgIpc) is 3.53. The van der Waals surface area contributed by atoms with Crippen LogP contribution in [0.3, 0.4) is 0 Å². The molecule has 4 aromatic rings. The van der Waals surface area contributed by atoms with E-state index in [0.717, 1.165) is 35.5 Å². The highest BCUT2D eigenvalue weighted by molar-refractivity contribution is 7.07. The van der Waals surface area contributed by atoms with Gasteiger partial charge in [0, 0.05) is 23.7 Å². The molecule has 5 rings (SSSR count). The lowest BCUT2D eigenvalue weighted by molar-refractivity contribution is 0.630. The van der Waals surface area contributed by atoms with Gasteiger partial charge in [-0.15, -0.1) is 11.3 Å². The molecule has 168 valence electrons. The van der Waals surface area contributed by atoms with Crippen molar-refractivity contribution >= 4 is 22.7 Å². The number of thiazole rings is 1. The van der Waals surface area contributed by atoms with Crippen molar-refractivity contribution in [3.05, 3.63) is 86.4 Å². The fourth-order valence-electron chi connectivity index (χ4n) is 4.20. The number of rotatable bonds is 4. The molecule has 0 radical (unpaired) electrons. The van der Waals surface area contributed by atoms with Gasteiger partial charge in [0.1, 0.15) is 0 Å². The van der Waals surface area contributed by atoms with Crippen LogP contribution in [0.1, 0.15) is 36.9 Å². The molecular formula is C26H27N5OS. The molecular weight excluding hydrogens is 430 g/mol. The second-order valence-electron chi connectivity index (χ2n) is 8.48. The van der Waals surface area contributed by atoms with Crippen molar-refractivity contribution in [2.45, 2.75) is 39.5 Å². The van der Waals surface area contributed by atoms with E-state index in [2.05, 4.69) is 36.6 Å². The molecule has 2 heterocycles. The summed E-state index contributed by atoms with van der Waals surface area (Å²) in [7, 11) is 1.89. The van der Waals surface area contributed by atoms with E-state index in [-0.39, 0.29) is 5.56 Å². The highest BCUT2D eigenvalue weighted by Gasteiger charge is 2.17. The van der Waals surface area contributed by atoms with E-state index >= 15 is 0 Å². The van der Waals surface area contributed by atoms with Crippen molar-refractivity contribution in [3.8, 4) is 16.9 Å². The highest BCUT2D eigenvalue weighted by Crippen LogP contribution is 2.23. The Kier molecular flexibility index (Phi) is 5.72. The first-order valence-electron chi connectivity index (χ1n) is 11.3. The van der Waals surface area contributed by atoms with Gasteiger partial charge in [-0.05, 0) is 51.7 Å². The molecule has 0 spiro atoms. The Bertz CT molecular complexity index is 1440. The van der Waals surface area contributed by atoms with Gasteiger partial charge in [0.25, 0.3) is 5.56 Å². The minimum Gasteiger partial charge on any atom is -0.283 e. The van der Waals surface area contributed by atoms with E-state index in [1.807, 2.05) is 53.7 Å². The van der Waals surface area contributed by atoms with Crippen LogP contribution in [-0.4, -0.2) is 19.8 Å². The van der Waals surface area contributed by atoms with Crippen LogP contribution in [-0.2, 0) is 7.05 Å². The lowest BCUT2D eigenvalue weighted by atomic mass is 10.1. The summed E-state index contributed by atoms with van der Waals surface area (Å²) in [5.41, 5.74) is 6.44. The lowest BCUT2D eigenvalue weighted by Gasteiger charge is -2.07. The number of hydrogen-bond donors (Lipinski definition) is 0. The van der Waals surface area contributed by atoms with Crippen LogP contribution in [0, 0.1) is 13.8 Å². The Balaban J connectivity index is 1.70. The third-order valence-corrected chi connectivity index (χ3v) is 7.00. The van der Waals surface area contributed by atoms with E-state index in [1.165, 1.54) is 35.5 Å². The average molecular weight is 458 g/mol. The fraction of sp³-hybridized carbons (Fsp3) is 0.269. The number of hydrogen-bond acceptors (Lipinski definition) is 4. The number of aryl methyl sites for hydroxylation is 1. The molecule has 0 unspecified atom stereocenters. The zero-order valence-electron chi connectivity index (χ0n) is 19.2. The molecule has 2 aromatic carbocycles. The molecule has 0 atom stereocenters. The predicted molar refractivity (Wildman–Crippen MR) is 135 cm³/mol. The van der Waals surface area contributed by atoms with Crippen LogP contribution in [0.4, 0.5) is 5.69 Å². The van der Waals surface area contributed by atoms with Crippen molar-refractivity contribution in [1.82, 2.24) is 14.0 Å². The van der Waals surface area contributed by atoms with E-state index in [1.54, 1.807) is 4.68 Å². The van der Waals surface area contributed by atoms with Gasteiger partial charge in [0.15, 0.2) is 5.69 Å². The first kappa shape index (κ1) is 21.4. The second kappa shape index (κ2) is 8.83. The van der Waals surface area contributed by atoms with Gasteiger partial charge < -0.3 is 0 Å². The Morgan fingerprint density at radius 3 is 2.33 bits per heavy atom. The molecule has 33 heavy (non-hydrogen) atoms. The van der Waals surface area contributed by atoms with Crippen LogP contribution >= 0.6 is 11.3 Å². The predicted octanol–water partition coefficient (Wildman–Crippen LogP) is 5.33. The Labute approximate surface area is 196 Å². The lowest BCUT2D eigenvalue weighted by Crippen LogP contribution is -2.20. The molecule has 1 aliphatic carbocycles. The van der Waals surface area contributed by atoms with Gasteiger partial charge in [-0.25, -0.2) is 14.4 Å². The number of nitrogens with zero attached hydrogens (tertiary/aromatic N) is 5. The summed E-state index contributed by atoms with van der Waals surface area (Å²) in [5.74, 6) is 0. The van der Waals surface area contributed by atoms with Crippen LogP contribution in [0.25, 0.3) is 16.9 Å². The molecule has 0 aliphatic heterocycles. The van der Waals surface area contributed by atoms with Gasteiger partial charge in [0.2, 0.25) is 4.80 Å². The highest BCUT2D eigenvalue weighted by atomic mass is 32.1. The SMILES string of the molecule is Cc1ccc(-c2csc(=Nc3c(C)n(C)n(-c4ccccc4)c3=O)n2N=C2CCCC2)cc1. The van der Waals surface area contributed by atoms with Gasteiger partial charge in [-0.3, -0.25) is 9.48 Å². The third-order valence-electron chi connectivity index (χ3n) is 6.19. The second-order valence-corrected chi connectivity index (χ2v) is 9.31. The molecule has 0 bridgehead atoms. The molecule has 1 aliphatic rings. The van der Waals surface area contributed by atoms with Crippen LogP contribution in [0.15, 0.2) is 74.9 Å². The third kappa shape index (κ3) is 4.04. The van der Waals surface area contributed by atoms with Crippen LogP contribution in [0.5, 0.6) is 0 Å².